The van der Waals surface area contributed by atoms with Gasteiger partial charge in [0.2, 0.25) is 0 Å². The van der Waals surface area contributed by atoms with Crippen molar-refractivity contribution in [2.75, 3.05) is 14.2 Å². The van der Waals surface area contributed by atoms with E-state index in [0.29, 0.717) is 16.5 Å². The van der Waals surface area contributed by atoms with Gasteiger partial charge in [0.15, 0.2) is 5.75 Å². The van der Waals surface area contributed by atoms with E-state index in [4.69, 9.17) is 26.9 Å². The highest BCUT2D eigenvalue weighted by Crippen LogP contribution is 2.35. The van der Waals surface area contributed by atoms with Gasteiger partial charge >= 0.3 is 0 Å². The van der Waals surface area contributed by atoms with Gasteiger partial charge in [0.25, 0.3) is 0 Å². The minimum absolute atomic E-state index is 0.329. The van der Waals surface area contributed by atoms with E-state index in [9.17, 15) is 0 Å². The van der Waals surface area contributed by atoms with E-state index in [0.717, 1.165) is 11.3 Å². The molecule has 0 aliphatic rings. The second-order valence-electron chi connectivity index (χ2n) is 4.21. The molecule has 0 radical (unpaired) electrons. The number of ether oxygens (including phenoxy) is 2. The summed E-state index contributed by atoms with van der Waals surface area (Å²) in [5.41, 5.74) is 4.42. The number of nitrogens with one attached hydrogen (secondary N) is 1. The van der Waals surface area contributed by atoms with E-state index in [1.54, 1.807) is 37.2 Å². The number of aryl methyl sites for hydroxylation is 1. The fourth-order valence-corrected chi connectivity index (χ4v) is 2.31. The zero-order chi connectivity index (χ0) is 14.7. The molecule has 108 valence electrons. The summed E-state index contributed by atoms with van der Waals surface area (Å²) < 4.78 is 12.4. The number of rotatable bonds is 5. The van der Waals surface area contributed by atoms with E-state index in [-0.39, 0.29) is 6.04 Å². The number of nitrogens with zero attached hydrogens (tertiary/aromatic N) is 2. The zero-order valence-electron chi connectivity index (χ0n) is 11.6. The lowest BCUT2D eigenvalue weighted by molar-refractivity contribution is 0.390. The molecule has 3 N–H and O–H groups in total. The molecule has 1 unspecified atom stereocenters. The average molecular weight is 297 g/mol. The van der Waals surface area contributed by atoms with Gasteiger partial charge in [0, 0.05) is 17.6 Å². The highest BCUT2D eigenvalue weighted by Gasteiger charge is 2.24. The highest BCUT2D eigenvalue weighted by atomic mass is 35.5. The molecule has 0 bridgehead atoms. The van der Waals surface area contributed by atoms with Crippen LogP contribution in [-0.4, -0.2) is 24.0 Å². The predicted molar refractivity (Wildman–Crippen MR) is 76.9 cm³/mol. The summed E-state index contributed by atoms with van der Waals surface area (Å²) in [6.45, 7) is 0. The molecule has 2 rings (SSSR count). The van der Waals surface area contributed by atoms with Crippen LogP contribution in [-0.2, 0) is 7.05 Å². The second-order valence-corrected chi connectivity index (χ2v) is 4.64. The third-order valence-electron chi connectivity index (χ3n) is 3.12. The average Bonchev–Trinajstić information content (AvgIpc) is 2.82. The molecule has 1 aromatic carbocycles. The van der Waals surface area contributed by atoms with E-state index in [1.807, 2.05) is 13.1 Å². The van der Waals surface area contributed by atoms with Crippen LogP contribution >= 0.6 is 11.6 Å². The molecule has 6 nitrogen and oxygen atoms in total. The van der Waals surface area contributed by atoms with Crippen LogP contribution in [0.3, 0.4) is 0 Å². The van der Waals surface area contributed by atoms with Gasteiger partial charge in [0.05, 0.1) is 26.5 Å². The molecule has 20 heavy (non-hydrogen) atoms. The van der Waals surface area contributed by atoms with E-state index >= 15 is 0 Å². The maximum absolute atomic E-state index is 5.98. The molecule has 0 fully saturated rings. The minimum Gasteiger partial charge on any atom is -0.496 e. The molecule has 2 aromatic rings. The quantitative estimate of drug-likeness (QED) is 0.648. The van der Waals surface area contributed by atoms with Crippen molar-refractivity contribution >= 4 is 11.6 Å². The van der Waals surface area contributed by atoms with Crippen molar-refractivity contribution in [1.29, 1.82) is 0 Å². The van der Waals surface area contributed by atoms with E-state index in [2.05, 4.69) is 10.5 Å². The minimum atomic E-state index is -0.329. The van der Waals surface area contributed by atoms with Gasteiger partial charge in [-0.05, 0) is 12.1 Å². The van der Waals surface area contributed by atoms with Gasteiger partial charge < -0.3 is 9.47 Å². The summed E-state index contributed by atoms with van der Waals surface area (Å²) in [5.74, 6) is 7.00. The Morgan fingerprint density at radius 1 is 1.30 bits per heavy atom. The Morgan fingerprint density at radius 2 is 2.00 bits per heavy atom. The summed E-state index contributed by atoms with van der Waals surface area (Å²) in [5, 5.41) is 4.78. The molecule has 0 saturated carbocycles. The first-order valence-corrected chi connectivity index (χ1v) is 6.35. The number of aromatic nitrogens is 2. The SMILES string of the molecule is COc1cc(Cl)ccc1C(NN)c1c(OC)cnn1C. The van der Waals surface area contributed by atoms with Crippen LogP contribution < -0.4 is 20.7 Å². The molecule has 0 amide bonds. The Labute approximate surface area is 122 Å². The van der Waals surface area contributed by atoms with Crippen LogP contribution in [0.15, 0.2) is 24.4 Å². The summed E-state index contributed by atoms with van der Waals surface area (Å²) >= 11 is 5.98. The maximum Gasteiger partial charge on any atom is 0.161 e. The van der Waals surface area contributed by atoms with Gasteiger partial charge in [-0.3, -0.25) is 10.5 Å². The third kappa shape index (κ3) is 2.58. The molecule has 0 saturated heterocycles. The van der Waals surface area contributed by atoms with Gasteiger partial charge in [-0.15, -0.1) is 0 Å². The Morgan fingerprint density at radius 3 is 2.60 bits per heavy atom. The van der Waals surface area contributed by atoms with Crippen molar-refractivity contribution in [3.63, 3.8) is 0 Å². The molecule has 1 atom stereocenters. The third-order valence-corrected chi connectivity index (χ3v) is 3.35. The summed E-state index contributed by atoms with van der Waals surface area (Å²) in [4.78, 5) is 0. The molecule has 1 aromatic heterocycles. The van der Waals surface area contributed by atoms with Crippen molar-refractivity contribution in [1.82, 2.24) is 15.2 Å². The number of nitrogens with two attached hydrogens (primary N) is 1. The van der Waals surface area contributed by atoms with Crippen LogP contribution in [0.4, 0.5) is 0 Å². The Bertz CT molecular complexity index is 600. The van der Waals surface area contributed by atoms with E-state index in [1.165, 1.54) is 0 Å². The number of hydrogen-bond acceptors (Lipinski definition) is 5. The van der Waals surface area contributed by atoms with Crippen LogP contribution in [0, 0.1) is 0 Å². The standard InChI is InChI=1S/C13H17ClN4O2/c1-18-13(11(20-3)7-16-18)12(17-15)9-5-4-8(14)6-10(9)19-2/h4-7,12,17H,15H2,1-3H3. The van der Waals surface area contributed by atoms with Gasteiger partial charge in [-0.2, -0.15) is 5.10 Å². The summed E-state index contributed by atoms with van der Waals surface area (Å²) in [6, 6.07) is 5.05. The number of halogens is 1. The molecule has 0 spiro atoms. The van der Waals surface area contributed by atoms with Crippen LogP contribution in [0.5, 0.6) is 11.5 Å². The van der Waals surface area contributed by atoms with E-state index < -0.39 is 0 Å². The molecule has 0 aliphatic carbocycles. The van der Waals surface area contributed by atoms with Crippen LogP contribution in [0.1, 0.15) is 17.3 Å². The lowest BCUT2D eigenvalue weighted by atomic mass is 10.0. The smallest absolute Gasteiger partial charge is 0.161 e. The Balaban J connectivity index is 2.55. The number of methoxy groups -OCH3 is 2. The molecule has 7 heteroatoms. The second kappa shape index (κ2) is 6.13. The van der Waals surface area contributed by atoms with Crippen molar-refractivity contribution in [2.24, 2.45) is 12.9 Å². The monoisotopic (exact) mass is 296 g/mol. The van der Waals surface area contributed by atoms with Gasteiger partial charge in [0.1, 0.15) is 11.4 Å². The fraction of sp³-hybridized carbons (Fsp3) is 0.308. The Kier molecular flexibility index (Phi) is 4.49. The molecule has 1 heterocycles. The van der Waals surface area contributed by atoms with Crippen molar-refractivity contribution in [3.05, 3.63) is 40.7 Å². The molecule has 0 aliphatic heterocycles. The number of benzene rings is 1. The molecular weight excluding hydrogens is 280 g/mol. The lowest BCUT2D eigenvalue weighted by Crippen LogP contribution is -2.31. The van der Waals surface area contributed by atoms with Crippen LogP contribution in [0.2, 0.25) is 5.02 Å². The summed E-state index contributed by atoms with van der Waals surface area (Å²) in [7, 11) is 5.00. The predicted octanol–water partition coefficient (Wildman–Crippen LogP) is 1.64. The largest absolute Gasteiger partial charge is 0.496 e. The van der Waals surface area contributed by atoms with Crippen molar-refractivity contribution in [2.45, 2.75) is 6.04 Å². The van der Waals surface area contributed by atoms with Crippen LogP contribution in [0.25, 0.3) is 0 Å². The maximum atomic E-state index is 5.98. The lowest BCUT2D eigenvalue weighted by Gasteiger charge is -2.20. The number of hydrazine groups is 1. The molecular formula is C13H17ClN4O2. The first-order valence-electron chi connectivity index (χ1n) is 5.97. The fourth-order valence-electron chi connectivity index (χ4n) is 2.15. The van der Waals surface area contributed by atoms with Gasteiger partial charge in [-0.1, -0.05) is 17.7 Å². The number of hydrogen-bond donors (Lipinski definition) is 2. The highest BCUT2D eigenvalue weighted by molar-refractivity contribution is 6.30. The first-order chi connectivity index (χ1) is 9.62. The van der Waals surface area contributed by atoms with Crippen molar-refractivity contribution < 1.29 is 9.47 Å². The summed E-state index contributed by atoms with van der Waals surface area (Å²) in [6.07, 6.45) is 1.64. The zero-order valence-corrected chi connectivity index (χ0v) is 12.3. The Hall–Kier alpha value is -1.76. The topological polar surface area (TPSA) is 74.3 Å². The normalized spacial score (nSPS) is 12.2. The van der Waals surface area contributed by atoms with Crippen molar-refractivity contribution in [3.8, 4) is 11.5 Å². The first kappa shape index (κ1) is 14.6. The van der Waals surface area contributed by atoms with Gasteiger partial charge in [-0.25, -0.2) is 5.43 Å².